The molecule has 0 saturated carbocycles. The summed E-state index contributed by atoms with van der Waals surface area (Å²) in [4.78, 5) is 13.0. The van der Waals surface area contributed by atoms with Gasteiger partial charge in [-0.15, -0.1) is 11.3 Å². The molecule has 5 heteroatoms. The van der Waals surface area contributed by atoms with Crippen LogP contribution in [0.15, 0.2) is 35.7 Å². The number of para-hydroxylation sites is 1. The van der Waals surface area contributed by atoms with Crippen LogP contribution in [0.25, 0.3) is 0 Å². The normalized spacial score (nSPS) is 11.9. The van der Waals surface area contributed by atoms with E-state index >= 15 is 0 Å². The van der Waals surface area contributed by atoms with Gasteiger partial charge in [-0.25, -0.2) is 0 Å². The van der Waals surface area contributed by atoms with Crippen LogP contribution in [0.1, 0.15) is 27.0 Å². The van der Waals surface area contributed by atoms with E-state index in [1.807, 2.05) is 36.6 Å². The second-order valence-corrected chi connectivity index (χ2v) is 6.29. The number of hydrogen-bond donors (Lipinski definition) is 1. The summed E-state index contributed by atoms with van der Waals surface area (Å²) in [5.41, 5.74) is 1.88. The third-order valence-corrected chi connectivity index (χ3v) is 4.07. The molecule has 1 heterocycles. The van der Waals surface area contributed by atoms with Crippen LogP contribution in [0.4, 0.5) is 5.69 Å². The average Bonchev–Trinajstić information content (AvgIpc) is 2.88. The van der Waals surface area contributed by atoms with Crippen molar-refractivity contribution in [3.8, 4) is 5.75 Å². The minimum Gasteiger partial charge on any atom is -0.496 e. The highest BCUT2D eigenvalue weighted by molar-refractivity contribution is 9.09. The molecule has 1 amide bonds. The van der Waals surface area contributed by atoms with Gasteiger partial charge in [0.2, 0.25) is 0 Å². The summed E-state index contributed by atoms with van der Waals surface area (Å²) in [6.07, 6.45) is 0. The summed E-state index contributed by atoms with van der Waals surface area (Å²) in [7, 11) is 1.59. The first-order valence-corrected chi connectivity index (χ1v) is 7.58. The van der Waals surface area contributed by atoms with Crippen molar-refractivity contribution in [1.29, 1.82) is 0 Å². The van der Waals surface area contributed by atoms with Crippen molar-refractivity contribution in [3.05, 3.63) is 46.2 Å². The van der Waals surface area contributed by atoms with Gasteiger partial charge < -0.3 is 10.1 Å². The largest absolute Gasteiger partial charge is 0.496 e. The van der Waals surface area contributed by atoms with Crippen molar-refractivity contribution in [2.45, 2.75) is 11.8 Å². The molecule has 1 N–H and O–H groups in total. The summed E-state index contributed by atoms with van der Waals surface area (Å²) in [5, 5.41) is 4.74. The van der Waals surface area contributed by atoms with Crippen molar-refractivity contribution in [2.24, 2.45) is 0 Å². The number of ether oxygens (including phenoxy) is 1. The number of hydrogen-bond acceptors (Lipinski definition) is 3. The Bertz CT molecular complexity index is 580. The smallest absolute Gasteiger partial charge is 0.265 e. The molecule has 1 atom stereocenters. The number of amides is 1. The van der Waals surface area contributed by atoms with Crippen molar-refractivity contribution in [3.63, 3.8) is 0 Å². The molecule has 0 aliphatic rings. The Balaban J connectivity index is 2.19. The maximum absolute atomic E-state index is 12.1. The first kappa shape index (κ1) is 14.1. The van der Waals surface area contributed by atoms with Crippen LogP contribution in [0.5, 0.6) is 5.75 Å². The molecule has 19 heavy (non-hydrogen) atoms. The number of benzene rings is 1. The molecule has 1 aromatic carbocycles. The Morgan fingerprint density at radius 2 is 2.16 bits per heavy atom. The Labute approximate surface area is 124 Å². The van der Waals surface area contributed by atoms with E-state index < -0.39 is 0 Å². The Kier molecular flexibility index (Phi) is 4.61. The molecule has 0 aliphatic heterocycles. The van der Waals surface area contributed by atoms with Gasteiger partial charge in [-0.3, -0.25) is 4.79 Å². The lowest BCUT2D eigenvalue weighted by Gasteiger charge is -2.11. The minimum atomic E-state index is -0.117. The molecule has 1 aromatic heterocycles. The number of alkyl halides is 1. The maximum Gasteiger partial charge on any atom is 0.265 e. The van der Waals surface area contributed by atoms with Crippen LogP contribution >= 0.6 is 27.3 Å². The number of thiophene rings is 1. The zero-order valence-corrected chi connectivity index (χ0v) is 13.0. The lowest BCUT2D eigenvalue weighted by molar-refractivity contribution is 0.103. The molecule has 2 rings (SSSR count). The average molecular weight is 340 g/mol. The van der Waals surface area contributed by atoms with Crippen molar-refractivity contribution < 1.29 is 9.53 Å². The van der Waals surface area contributed by atoms with E-state index in [0.29, 0.717) is 10.6 Å². The second-order valence-electron chi connectivity index (χ2n) is 4.01. The molecule has 3 nitrogen and oxygen atoms in total. The highest BCUT2D eigenvalue weighted by Gasteiger charge is 2.13. The number of nitrogens with one attached hydrogen (secondary N) is 1. The predicted molar refractivity (Wildman–Crippen MR) is 82.6 cm³/mol. The van der Waals surface area contributed by atoms with Crippen LogP contribution in [0.2, 0.25) is 0 Å². The molecule has 1 unspecified atom stereocenters. The van der Waals surface area contributed by atoms with Crippen molar-refractivity contribution in [2.75, 3.05) is 12.4 Å². The quantitative estimate of drug-likeness (QED) is 0.835. The number of methoxy groups -OCH3 is 1. The highest BCUT2D eigenvalue weighted by Crippen LogP contribution is 2.29. The molecule has 0 saturated heterocycles. The van der Waals surface area contributed by atoms with Gasteiger partial charge in [0, 0.05) is 22.0 Å². The minimum absolute atomic E-state index is 0.117. The standard InChI is InChI=1S/C14H14BrNO2S/c1-9(15)11-5-3-4-6-12(11)16-14(17)13-7-10(18-2)8-19-13/h3-9H,1-2H3,(H,16,17). The van der Waals surface area contributed by atoms with Crippen molar-refractivity contribution in [1.82, 2.24) is 0 Å². The fourth-order valence-corrected chi connectivity index (χ4v) is 2.84. The fraction of sp³-hybridized carbons (Fsp3) is 0.214. The van der Waals surface area contributed by atoms with E-state index in [4.69, 9.17) is 4.74 Å². The molecular weight excluding hydrogens is 326 g/mol. The summed E-state index contributed by atoms with van der Waals surface area (Å²) >= 11 is 4.89. The van der Waals surface area contributed by atoms with Crippen LogP contribution in [0, 0.1) is 0 Å². The Hall–Kier alpha value is -1.33. The molecule has 0 spiro atoms. The first-order chi connectivity index (χ1) is 9.11. The van der Waals surface area contributed by atoms with E-state index in [1.54, 1.807) is 13.2 Å². The molecule has 0 bridgehead atoms. The molecule has 100 valence electrons. The van der Waals surface area contributed by atoms with Gasteiger partial charge in [0.15, 0.2) is 0 Å². The first-order valence-electron chi connectivity index (χ1n) is 5.78. The number of halogens is 1. The molecule has 2 aromatic rings. The molecule has 0 radical (unpaired) electrons. The van der Waals surface area contributed by atoms with Gasteiger partial charge in [0.1, 0.15) is 5.75 Å². The lowest BCUT2D eigenvalue weighted by Crippen LogP contribution is -2.11. The summed E-state index contributed by atoms with van der Waals surface area (Å²) in [5.74, 6) is 0.589. The third kappa shape index (κ3) is 3.36. The highest BCUT2D eigenvalue weighted by atomic mass is 79.9. The van der Waals surface area contributed by atoms with Gasteiger partial charge in [0.25, 0.3) is 5.91 Å². The van der Waals surface area contributed by atoms with Crippen LogP contribution in [-0.2, 0) is 0 Å². The molecule has 0 aliphatic carbocycles. The summed E-state index contributed by atoms with van der Waals surface area (Å²) in [6.45, 7) is 2.03. The van der Waals surface area contributed by atoms with E-state index in [1.165, 1.54) is 11.3 Å². The van der Waals surface area contributed by atoms with E-state index in [2.05, 4.69) is 21.2 Å². The maximum atomic E-state index is 12.1. The van der Waals surface area contributed by atoms with E-state index in [-0.39, 0.29) is 10.7 Å². The topological polar surface area (TPSA) is 38.3 Å². The summed E-state index contributed by atoms with van der Waals surface area (Å²) in [6, 6.07) is 9.49. The van der Waals surface area contributed by atoms with E-state index in [9.17, 15) is 4.79 Å². The predicted octanol–water partition coefficient (Wildman–Crippen LogP) is 4.46. The van der Waals surface area contributed by atoms with E-state index in [0.717, 1.165) is 11.3 Å². The zero-order valence-electron chi connectivity index (χ0n) is 10.6. The van der Waals surface area contributed by atoms with Crippen LogP contribution in [0.3, 0.4) is 0 Å². The number of anilines is 1. The second kappa shape index (κ2) is 6.21. The van der Waals surface area contributed by atoms with Gasteiger partial charge in [-0.1, -0.05) is 34.1 Å². The molecule has 0 fully saturated rings. The van der Waals surface area contributed by atoms with Crippen molar-refractivity contribution >= 4 is 38.9 Å². The SMILES string of the molecule is COc1csc(C(=O)Nc2ccccc2C(C)Br)c1. The monoisotopic (exact) mass is 339 g/mol. The van der Waals surface area contributed by atoms with Gasteiger partial charge >= 0.3 is 0 Å². The van der Waals surface area contributed by atoms with Crippen LogP contribution < -0.4 is 10.1 Å². The van der Waals surface area contributed by atoms with Gasteiger partial charge in [-0.05, 0) is 18.6 Å². The molecular formula is C14H14BrNO2S. The summed E-state index contributed by atoms with van der Waals surface area (Å²) < 4.78 is 5.08. The van der Waals surface area contributed by atoms with Crippen LogP contribution in [-0.4, -0.2) is 13.0 Å². The number of carbonyl (C=O) groups excluding carboxylic acids is 1. The third-order valence-electron chi connectivity index (χ3n) is 2.67. The Morgan fingerprint density at radius 3 is 2.79 bits per heavy atom. The Morgan fingerprint density at radius 1 is 1.42 bits per heavy atom. The van der Waals surface area contributed by atoms with Gasteiger partial charge in [0.05, 0.1) is 12.0 Å². The lowest BCUT2D eigenvalue weighted by atomic mass is 10.1. The fourth-order valence-electron chi connectivity index (χ4n) is 1.69. The number of rotatable bonds is 4. The number of carbonyl (C=O) groups is 1. The zero-order chi connectivity index (χ0) is 13.8. The van der Waals surface area contributed by atoms with Gasteiger partial charge in [-0.2, -0.15) is 0 Å².